The van der Waals surface area contributed by atoms with Gasteiger partial charge >= 0.3 is 0 Å². The van der Waals surface area contributed by atoms with Crippen LogP contribution in [0.1, 0.15) is 11.1 Å². The van der Waals surface area contributed by atoms with Gasteiger partial charge in [0.15, 0.2) is 0 Å². The predicted octanol–water partition coefficient (Wildman–Crippen LogP) is -0.895. The minimum absolute atomic E-state index is 0. The molecular weight excluding hydrogens is 288 g/mol. The average Bonchev–Trinajstić information content (AvgIpc) is 1.64. The fraction of sp³-hybridized carbons (Fsp3) is 0.250. The Balaban J connectivity index is 0. The first-order chi connectivity index (χ1) is 3.79. The standard InChI is InChI=1S/C8H9.HI.Zn/c1-7-4-3-5-8(2)6-7;;/h3-4,6H,1-2H3;1H;/p-1. The maximum absolute atomic E-state index is 3.07. The first-order valence-electron chi connectivity index (χ1n) is 2.74. The molecule has 0 aliphatic rings. The second kappa shape index (κ2) is 6.29. The van der Waals surface area contributed by atoms with E-state index < -0.39 is 0 Å². The van der Waals surface area contributed by atoms with Gasteiger partial charge in [0.2, 0.25) is 0 Å². The number of aryl methyl sites for hydroxylation is 2. The molecule has 2 heteroatoms. The molecule has 0 unspecified atom stereocenters. The summed E-state index contributed by atoms with van der Waals surface area (Å²) in [6, 6.07) is 9.18. The van der Waals surface area contributed by atoms with Crippen LogP contribution < -0.4 is 24.0 Å². The van der Waals surface area contributed by atoms with Crippen molar-refractivity contribution in [2.24, 2.45) is 0 Å². The van der Waals surface area contributed by atoms with Gasteiger partial charge in [-0.2, -0.15) is 0 Å². The molecule has 0 saturated carbocycles. The van der Waals surface area contributed by atoms with Crippen molar-refractivity contribution in [3.63, 3.8) is 0 Å². The molecule has 0 saturated heterocycles. The van der Waals surface area contributed by atoms with Crippen molar-refractivity contribution in [2.45, 2.75) is 13.8 Å². The van der Waals surface area contributed by atoms with E-state index in [-0.39, 0.29) is 43.5 Å². The molecule has 0 aliphatic heterocycles. The van der Waals surface area contributed by atoms with Crippen LogP contribution >= 0.6 is 0 Å². The molecule has 51 valence electrons. The second-order valence-corrected chi connectivity index (χ2v) is 2.05. The summed E-state index contributed by atoms with van der Waals surface area (Å²) in [6.45, 7) is 4.13. The monoisotopic (exact) mass is 296 g/mol. The maximum atomic E-state index is 3.07. The molecular formula is C8H9IZn-. The van der Waals surface area contributed by atoms with Gasteiger partial charge in [0.1, 0.15) is 0 Å². The minimum Gasteiger partial charge on any atom is -1.00 e. The number of hydrogen-bond acceptors (Lipinski definition) is 0. The quantitative estimate of drug-likeness (QED) is 0.430. The Labute approximate surface area is 92.2 Å². The number of halogens is 1. The van der Waals surface area contributed by atoms with Gasteiger partial charge in [0, 0.05) is 19.5 Å². The SMILES string of the molecule is Cc1[c]ccc(C)c1.[I-].[Zn]. The summed E-state index contributed by atoms with van der Waals surface area (Å²) in [5.74, 6) is 0. The van der Waals surface area contributed by atoms with Gasteiger partial charge in [-0.05, 0) is 25.5 Å². The zero-order valence-electron chi connectivity index (χ0n) is 6.32. The Bertz CT molecular complexity index is 169. The minimum atomic E-state index is 0. The third-order valence-corrected chi connectivity index (χ3v) is 1.10. The normalized spacial score (nSPS) is 7.40. The molecule has 0 N–H and O–H groups in total. The van der Waals surface area contributed by atoms with Crippen LogP contribution in [-0.2, 0) is 19.5 Å². The van der Waals surface area contributed by atoms with E-state index in [9.17, 15) is 0 Å². The van der Waals surface area contributed by atoms with E-state index >= 15 is 0 Å². The smallest absolute Gasteiger partial charge is 0 e. The zero-order chi connectivity index (χ0) is 5.98. The Hall–Kier alpha value is 0.573. The van der Waals surface area contributed by atoms with Crippen LogP contribution in [0.15, 0.2) is 18.2 Å². The van der Waals surface area contributed by atoms with Gasteiger partial charge in [-0.15, -0.1) is 0 Å². The fourth-order valence-electron chi connectivity index (χ4n) is 0.736. The third kappa shape index (κ3) is 4.40. The van der Waals surface area contributed by atoms with Gasteiger partial charge < -0.3 is 24.0 Å². The maximum Gasteiger partial charge on any atom is 0 e. The first kappa shape index (κ1) is 13.2. The summed E-state index contributed by atoms with van der Waals surface area (Å²) >= 11 is 0. The van der Waals surface area contributed by atoms with Gasteiger partial charge in [-0.3, -0.25) is 0 Å². The first-order valence-corrected chi connectivity index (χ1v) is 2.74. The topological polar surface area (TPSA) is 0 Å². The van der Waals surface area contributed by atoms with Crippen LogP contribution in [0.3, 0.4) is 0 Å². The van der Waals surface area contributed by atoms with Gasteiger partial charge in [-0.25, -0.2) is 0 Å². The van der Waals surface area contributed by atoms with Crippen molar-refractivity contribution in [3.8, 4) is 0 Å². The van der Waals surface area contributed by atoms with E-state index in [1.54, 1.807) is 0 Å². The largest absolute Gasteiger partial charge is 1.00 e. The van der Waals surface area contributed by atoms with Crippen molar-refractivity contribution in [2.75, 3.05) is 0 Å². The molecule has 0 nitrogen and oxygen atoms in total. The van der Waals surface area contributed by atoms with Crippen molar-refractivity contribution in [1.82, 2.24) is 0 Å². The molecule has 0 fully saturated rings. The molecule has 1 aromatic carbocycles. The molecule has 1 radical (unpaired) electrons. The fourth-order valence-corrected chi connectivity index (χ4v) is 0.736. The molecule has 0 bridgehead atoms. The van der Waals surface area contributed by atoms with Crippen LogP contribution in [0.25, 0.3) is 0 Å². The summed E-state index contributed by atoms with van der Waals surface area (Å²) in [5.41, 5.74) is 2.52. The van der Waals surface area contributed by atoms with Crippen LogP contribution in [0, 0.1) is 19.9 Å². The van der Waals surface area contributed by atoms with E-state index in [4.69, 9.17) is 0 Å². The van der Waals surface area contributed by atoms with Crippen molar-refractivity contribution < 1.29 is 43.5 Å². The summed E-state index contributed by atoms with van der Waals surface area (Å²) in [6.07, 6.45) is 0. The Kier molecular flexibility index (Phi) is 8.30. The number of rotatable bonds is 0. The Morgan fingerprint density at radius 3 is 2.20 bits per heavy atom. The molecule has 0 aliphatic carbocycles. The van der Waals surface area contributed by atoms with E-state index in [0.717, 1.165) is 0 Å². The summed E-state index contributed by atoms with van der Waals surface area (Å²) in [4.78, 5) is 0. The second-order valence-electron chi connectivity index (χ2n) is 2.05. The number of benzene rings is 1. The van der Waals surface area contributed by atoms with E-state index in [0.29, 0.717) is 0 Å². The molecule has 0 heterocycles. The molecule has 0 amide bonds. The van der Waals surface area contributed by atoms with E-state index in [1.807, 2.05) is 19.1 Å². The molecule has 0 aromatic heterocycles. The van der Waals surface area contributed by atoms with Crippen molar-refractivity contribution in [3.05, 3.63) is 35.4 Å². The molecule has 1 aromatic rings. The van der Waals surface area contributed by atoms with Gasteiger partial charge in [0.05, 0.1) is 0 Å². The molecule has 0 atom stereocenters. The van der Waals surface area contributed by atoms with Crippen molar-refractivity contribution >= 4 is 0 Å². The van der Waals surface area contributed by atoms with Crippen molar-refractivity contribution in [1.29, 1.82) is 0 Å². The van der Waals surface area contributed by atoms with E-state index in [1.165, 1.54) is 11.1 Å². The summed E-state index contributed by atoms with van der Waals surface area (Å²) in [5, 5.41) is 0. The average molecular weight is 297 g/mol. The summed E-state index contributed by atoms with van der Waals surface area (Å²) in [7, 11) is 0. The van der Waals surface area contributed by atoms with E-state index in [2.05, 4.69) is 19.1 Å². The van der Waals surface area contributed by atoms with Gasteiger partial charge in [-0.1, -0.05) is 23.8 Å². The van der Waals surface area contributed by atoms with Crippen LogP contribution in [0.4, 0.5) is 0 Å². The van der Waals surface area contributed by atoms with Crippen LogP contribution in [0.2, 0.25) is 0 Å². The zero-order valence-corrected chi connectivity index (χ0v) is 11.4. The molecule has 1 rings (SSSR count). The predicted molar refractivity (Wildman–Crippen MR) is 34.8 cm³/mol. The van der Waals surface area contributed by atoms with Gasteiger partial charge in [0.25, 0.3) is 0 Å². The molecule has 0 spiro atoms. The van der Waals surface area contributed by atoms with Crippen LogP contribution in [0.5, 0.6) is 0 Å². The Morgan fingerprint density at radius 2 is 1.90 bits per heavy atom. The third-order valence-electron chi connectivity index (χ3n) is 1.10. The molecule has 10 heavy (non-hydrogen) atoms. The summed E-state index contributed by atoms with van der Waals surface area (Å²) < 4.78 is 0. The Morgan fingerprint density at radius 1 is 1.30 bits per heavy atom. The van der Waals surface area contributed by atoms with Crippen LogP contribution in [-0.4, -0.2) is 0 Å². The number of hydrogen-bond donors (Lipinski definition) is 0.